The molecule has 0 unspecified atom stereocenters. The molecule has 80 heavy (non-hydrogen) atoms. The molecule has 0 aliphatic carbocycles. The fraction of sp³-hybridized carbons (Fsp3) is 0.379. The molecule has 5 aliphatic heterocycles. The summed E-state index contributed by atoms with van der Waals surface area (Å²) in [5.74, 6) is -2.02. The molecule has 4 atom stereocenters. The maximum absolute atomic E-state index is 17.6. The largest absolute Gasteiger partial charge is 0.489 e. The zero-order valence-corrected chi connectivity index (χ0v) is 45.4. The Labute approximate surface area is 465 Å². The Hall–Kier alpha value is -7.82. The van der Waals surface area contributed by atoms with Crippen LogP contribution >= 0.6 is 22.9 Å². The molecule has 4 aromatic heterocycles. The standard InChI is InChI=1S/C58H52ClF3N10O7S/c1-4-29(26-77-32-8-11-43-35(18-32)33(5-2)38-25-72-44(48(38)66-43)20-40-39(54(72)74)27-78-55(75)58(40,76)6-3)53(73)71-17-16-69(24-31(71)12-14-63)52-36-19-41(59)46(34-9-10-42(61)50-45(34)37(22-64)51(65)80-50)47(62)49(36)67-56(68-52)79-28-57-13-7-15-70(57)23-30(60)21-57/h4,8-11,18-20,30-31,76H,5-7,12-13,15-17,21,23-28,65H2,1-3H3/b29-4+/t30-,31+,57+,58+/m1/s1. The molecule has 0 spiro atoms. The number of esters is 1. The van der Waals surface area contributed by atoms with E-state index in [1.54, 1.807) is 47.6 Å². The van der Waals surface area contributed by atoms with Crippen LogP contribution < -0.4 is 25.7 Å². The van der Waals surface area contributed by atoms with Gasteiger partial charge in [-0.05, 0) is 86.7 Å². The quantitative estimate of drug-likeness (QED) is 0.0861. The predicted octanol–water partition coefficient (Wildman–Crippen LogP) is 8.76. The Bertz CT molecular complexity index is 4010. The molecule has 3 aromatic carbocycles. The lowest BCUT2D eigenvalue weighted by Gasteiger charge is -2.41. The number of amides is 1. The number of benzene rings is 3. The van der Waals surface area contributed by atoms with E-state index in [1.807, 2.05) is 24.0 Å². The van der Waals surface area contributed by atoms with Gasteiger partial charge in [-0.15, -0.1) is 11.3 Å². The summed E-state index contributed by atoms with van der Waals surface area (Å²) < 4.78 is 67.3. The number of aliphatic hydroxyl groups is 1. The van der Waals surface area contributed by atoms with E-state index in [0.29, 0.717) is 47.6 Å². The number of thiophene rings is 1. The Morgan fingerprint density at radius 2 is 1.88 bits per heavy atom. The Morgan fingerprint density at radius 1 is 1.05 bits per heavy atom. The number of fused-ring (bicyclic) bond motifs is 8. The number of anilines is 2. The first kappa shape index (κ1) is 52.9. The van der Waals surface area contributed by atoms with Crippen LogP contribution in [0.4, 0.5) is 24.0 Å². The van der Waals surface area contributed by atoms with Crippen molar-refractivity contribution in [3.05, 3.63) is 109 Å². The molecule has 7 aromatic rings. The molecule has 3 N–H and O–H groups in total. The molecule has 3 fully saturated rings. The van der Waals surface area contributed by atoms with Crippen molar-refractivity contribution >= 4 is 77.5 Å². The van der Waals surface area contributed by atoms with Crippen molar-refractivity contribution in [2.45, 2.75) is 95.8 Å². The fourth-order valence-electron chi connectivity index (χ4n) is 12.7. The number of carbonyl (C=O) groups excluding carboxylic acids is 2. The zero-order chi connectivity index (χ0) is 56.1. The predicted molar refractivity (Wildman–Crippen MR) is 294 cm³/mol. The smallest absolute Gasteiger partial charge is 0.343 e. The van der Waals surface area contributed by atoms with E-state index in [0.717, 1.165) is 40.3 Å². The second-order valence-corrected chi connectivity index (χ2v) is 22.5. The third-order valence-corrected chi connectivity index (χ3v) is 18.1. The lowest BCUT2D eigenvalue weighted by Crippen LogP contribution is -2.56. The number of nitrogens with two attached hydrogens (primary N) is 1. The van der Waals surface area contributed by atoms with Crippen LogP contribution in [0.15, 0.2) is 58.9 Å². The van der Waals surface area contributed by atoms with Crippen molar-refractivity contribution in [1.29, 1.82) is 10.5 Å². The van der Waals surface area contributed by atoms with Gasteiger partial charge >= 0.3 is 12.0 Å². The van der Waals surface area contributed by atoms with Crippen molar-refractivity contribution in [3.63, 3.8) is 0 Å². The van der Waals surface area contributed by atoms with Gasteiger partial charge in [0.05, 0.1) is 73.9 Å². The average molecular weight is 1130 g/mol. The van der Waals surface area contributed by atoms with Crippen molar-refractivity contribution < 1.29 is 42.1 Å². The first-order chi connectivity index (χ1) is 38.5. The van der Waals surface area contributed by atoms with E-state index >= 15 is 8.78 Å². The van der Waals surface area contributed by atoms with Gasteiger partial charge < -0.3 is 39.4 Å². The molecule has 0 saturated carbocycles. The molecule has 0 bridgehead atoms. The van der Waals surface area contributed by atoms with E-state index in [2.05, 4.69) is 16.0 Å². The third-order valence-electron chi connectivity index (χ3n) is 16.8. The summed E-state index contributed by atoms with van der Waals surface area (Å²) in [5, 5.41) is 32.7. The SMILES string of the molecule is C/C=C(\COc1ccc2nc3c(c(CC)c2c1)Cn1c-3cc2c(c1=O)COC(=O)[C@]2(O)CC)C(=O)N1CCN(c2nc(OC[C@@]34CCCN3C[C@H](F)C4)nc3c(F)c(-c4ccc(F)c5sc(N)c(C#N)c45)c(Cl)cc23)C[C@@H]1CC#N. The summed E-state index contributed by atoms with van der Waals surface area (Å²) in [6, 6.07) is 14.5. The number of piperazine rings is 1. The van der Waals surface area contributed by atoms with Gasteiger partial charge in [-0.1, -0.05) is 37.6 Å². The maximum atomic E-state index is 17.6. The maximum Gasteiger partial charge on any atom is 0.343 e. The lowest BCUT2D eigenvalue weighted by atomic mass is 9.86. The van der Waals surface area contributed by atoms with Crippen LogP contribution in [0.2, 0.25) is 5.02 Å². The number of cyclic esters (lactones) is 1. The van der Waals surface area contributed by atoms with E-state index < -0.39 is 41.0 Å². The molecule has 22 heteroatoms. The van der Waals surface area contributed by atoms with Gasteiger partial charge in [-0.3, -0.25) is 14.5 Å². The molecule has 0 radical (unpaired) electrons. The molecule has 5 aliphatic rings. The van der Waals surface area contributed by atoms with Crippen LogP contribution in [0.25, 0.3) is 54.4 Å². The van der Waals surface area contributed by atoms with Crippen molar-refractivity contribution in [3.8, 4) is 46.4 Å². The van der Waals surface area contributed by atoms with Gasteiger partial charge in [-0.2, -0.15) is 20.5 Å². The summed E-state index contributed by atoms with van der Waals surface area (Å²) in [6.45, 7) is 6.64. The molecule has 1 amide bonds. The van der Waals surface area contributed by atoms with Gasteiger partial charge in [-0.25, -0.2) is 22.9 Å². The molecular formula is C58H52ClF3N10O7S. The number of nitriles is 2. The topological polar surface area (TPSA) is 226 Å². The van der Waals surface area contributed by atoms with Crippen LogP contribution in [-0.2, 0) is 39.5 Å². The second kappa shape index (κ2) is 20.1. The first-order valence-corrected chi connectivity index (χ1v) is 27.7. The van der Waals surface area contributed by atoms with Crippen molar-refractivity contribution in [2.24, 2.45) is 0 Å². The number of halogens is 4. The highest BCUT2D eigenvalue weighted by atomic mass is 35.5. The molecule has 410 valence electrons. The highest BCUT2D eigenvalue weighted by Crippen LogP contribution is 2.47. The number of aromatic nitrogens is 4. The minimum atomic E-state index is -1.96. The Kier molecular flexibility index (Phi) is 13.3. The second-order valence-electron chi connectivity index (χ2n) is 21.0. The van der Waals surface area contributed by atoms with Crippen LogP contribution in [0.3, 0.4) is 0 Å². The molecule has 12 rings (SSSR count). The Balaban J connectivity index is 0.828. The monoisotopic (exact) mass is 1120 g/mol. The number of carbonyl (C=O) groups is 2. The number of rotatable bonds is 12. The summed E-state index contributed by atoms with van der Waals surface area (Å²) in [6.07, 6.45) is 2.96. The number of pyridine rings is 2. The average Bonchev–Trinajstić information content (AvgIpc) is 4.27. The third kappa shape index (κ3) is 8.30. The molecule has 17 nitrogen and oxygen atoms in total. The number of allylic oxidation sites excluding steroid dienone is 1. The summed E-state index contributed by atoms with van der Waals surface area (Å²) in [5.41, 5.74) is 7.30. The fourth-order valence-corrected chi connectivity index (χ4v) is 14.0. The number of aryl methyl sites for hydroxylation is 1. The van der Waals surface area contributed by atoms with Crippen LogP contribution in [0, 0.1) is 34.3 Å². The minimum Gasteiger partial charge on any atom is -0.489 e. The van der Waals surface area contributed by atoms with E-state index in [-0.39, 0.29) is 154 Å². The summed E-state index contributed by atoms with van der Waals surface area (Å²) in [4.78, 5) is 61.2. The van der Waals surface area contributed by atoms with Crippen molar-refractivity contribution in [2.75, 3.05) is 56.6 Å². The number of alkyl halides is 1. The van der Waals surface area contributed by atoms with E-state index in [1.165, 1.54) is 12.1 Å². The lowest BCUT2D eigenvalue weighted by molar-refractivity contribution is -0.172. The number of hydrogen-bond acceptors (Lipinski definition) is 16. The number of hydrogen-bond donors (Lipinski definition) is 2. The van der Waals surface area contributed by atoms with Gasteiger partial charge in [0, 0.05) is 65.4 Å². The number of ether oxygens (including phenoxy) is 3. The van der Waals surface area contributed by atoms with Gasteiger partial charge in [0.15, 0.2) is 11.4 Å². The number of nitrogens with zero attached hydrogens (tertiary/aromatic N) is 9. The van der Waals surface area contributed by atoms with Gasteiger partial charge in [0.2, 0.25) is 0 Å². The summed E-state index contributed by atoms with van der Waals surface area (Å²) in [7, 11) is 0. The molecule has 9 heterocycles. The molecule has 3 saturated heterocycles. The summed E-state index contributed by atoms with van der Waals surface area (Å²) >= 11 is 7.88. The highest BCUT2D eigenvalue weighted by Gasteiger charge is 2.50. The minimum absolute atomic E-state index is 0.0217. The van der Waals surface area contributed by atoms with Crippen LogP contribution in [-0.4, -0.2) is 110 Å². The van der Waals surface area contributed by atoms with Gasteiger partial charge in [0.25, 0.3) is 11.5 Å². The Morgan fingerprint density at radius 3 is 2.64 bits per heavy atom. The van der Waals surface area contributed by atoms with E-state index in [4.69, 9.17) is 41.5 Å². The molecular weight excluding hydrogens is 1070 g/mol. The normalized spacial score (nSPS) is 21.6. The van der Waals surface area contributed by atoms with Crippen molar-refractivity contribution in [1.82, 2.24) is 29.3 Å². The number of nitrogen functional groups attached to an aromatic ring is 1. The zero-order valence-electron chi connectivity index (χ0n) is 43.8. The van der Waals surface area contributed by atoms with Crippen LogP contribution in [0.5, 0.6) is 11.8 Å². The van der Waals surface area contributed by atoms with E-state index in [9.17, 15) is 34.4 Å². The first-order valence-electron chi connectivity index (χ1n) is 26.5. The van der Waals surface area contributed by atoms with Gasteiger partial charge in [0.1, 0.15) is 60.0 Å². The highest BCUT2D eigenvalue weighted by molar-refractivity contribution is 7.23. The van der Waals surface area contributed by atoms with Crippen LogP contribution in [0.1, 0.15) is 80.7 Å².